The van der Waals surface area contributed by atoms with Crippen LogP contribution in [0.2, 0.25) is 0 Å². The summed E-state index contributed by atoms with van der Waals surface area (Å²) in [4.78, 5) is 0. The van der Waals surface area contributed by atoms with Crippen molar-refractivity contribution in [1.82, 2.24) is 0 Å². The van der Waals surface area contributed by atoms with Crippen LogP contribution in [0.25, 0.3) is 0 Å². The maximum atomic E-state index is 13.2. The van der Waals surface area contributed by atoms with Crippen LogP contribution in [0.1, 0.15) is 29.9 Å². The van der Waals surface area contributed by atoms with Crippen molar-refractivity contribution in [3.63, 3.8) is 0 Å². The van der Waals surface area contributed by atoms with Gasteiger partial charge in [-0.2, -0.15) is 0 Å². The van der Waals surface area contributed by atoms with Crippen LogP contribution in [0.4, 0.5) is 4.39 Å². The lowest BCUT2D eigenvalue weighted by molar-refractivity contribution is 0.274. The summed E-state index contributed by atoms with van der Waals surface area (Å²) in [6, 6.07) is 13.4. The second-order valence-electron chi connectivity index (χ2n) is 5.17. The van der Waals surface area contributed by atoms with E-state index in [1.807, 2.05) is 0 Å². The van der Waals surface area contributed by atoms with Gasteiger partial charge in [-0.1, -0.05) is 24.3 Å². The molecule has 2 aromatic carbocycles. The normalized spacial score (nSPS) is 17.6. The molecule has 1 atom stereocenters. The fourth-order valence-corrected chi connectivity index (χ4v) is 3.15. The van der Waals surface area contributed by atoms with Gasteiger partial charge in [-0.05, 0) is 64.5 Å². The van der Waals surface area contributed by atoms with Gasteiger partial charge in [0, 0.05) is 5.92 Å². The Hall–Kier alpha value is -1.35. The summed E-state index contributed by atoms with van der Waals surface area (Å²) < 4.78 is 19.5. The van der Waals surface area contributed by atoms with Gasteiger partial charge < -0.3 is 4.74 Å². The van der Waals surface area contributed by atoms with Crippen molar-refractivity contribution in [1.29, 1.82) is 0 Å². The molecule has 0 fully saturated rings. The lowest BCUT2D eigenvalue weighted by atomic mass is 9.83. The van der Waals surface area contributed by atoms with Crippen LogP contribution in [0.15, 0.2) is 46.9 Å². The van der Waals surface area contributed by atoms with Gasteiger partial charge >= 0.3 is 0 Å². The predicted octanol–water partition coefficient (Wildman–Crippen LogP) is 5.09. The Morgan fingerprint density at radius 2 is 2.05 bits per heavy atom. The summed E-state index contributed by atoms with van der Waals surface area (Å²) in [5, 5.41) is 0. The molecule has 0 radical (unpaired) electrons. The minimum atomic E-state index is -0.264. The van der Waals surface area contributed by atoms with Crippen LogP contribution in [0, 0.1) is 5.82 Å². The van der Waals surface area contributed by atoms with Crippen LogP contribution >= 0.6 is 15.9 Å². The second-order valence-corrected chi connectivity index (χ2v) is 6.03. The summed E-state index contributed by atoms with van der Waals surface area (Å²) in [6.07, 6.45) is 3.52. The Labute approximate surface area is 126 Å². The number of hydrogen-bond acceptors (Lipinski definition) is 1. The fourth-order valence-electron chi connectivity index (χ4n) is 2.79. The summed E-state index contributed by atoms with van der Waals surface area (Å²) in [5.41, 5.74) is 2.84. The van der Waals surface area contributed by atoms with Crippen molar-refractivity contribution in [3.05, 3.63) is 63.9 Å². The molecular formula is C17H16BrFO. The van der Waals surface area contributed by atoms with Gasteiger partial charge in [0.1, 0.15) is 11.6 Å². The van der Waals surface area contributed by atoms with Crippen molar-refractivity contribution >= 4 is 15.9 Å². The van der Waals surface area contributed by atoms with Crippen LogP contribution in [0.3, 0.4) is 0 Å². The van der Waals surface area contributed by atoms with Gasteiger partial charge in [0.15, 0.2) is 0 Å². The summed E-state index contributed by atoms with van der Waals surface area (Å²) in [6.45, 7) is 0.648. The lowest BCUT2D eigenvalue weighted by Crippen LogP contribution is -2.16. The molecule has 0 bridgehead atoms. The Kier molecular flexibility index (Phi) is 4.06. The van der Waals surface area contributed by atoms with E-state index >= 15 is 0 Å². The van der Waals surface area contributed by atoms with E-state index in [1.165, 1.54) is 23.6 Å². The van der Waals surface area contributed by atoms with Crippen molar-refractivity contribution in [2.24, 2.45) is 0 Å². The third kappa shape index (κ3) is 2.88. The van der Waals surface area contributed by atoms with E-state index in [-0.39, 0.29) is 5.82 Å². The topological polar surface area (TPSA) is 9.23 Å². The van der Waals surface area contributed by atoms with E-state index in [4.69, 9.17) is 4.74 Å². The van der Waals surface area contributed by atoms with Crippen molar-refractivity contribution in [2.75, 3.05) is 6.61 Å². The predicted molar refractivity (Wildman–Crippen MR) is 81.7 cm³/mol. The maximum Gasteiger partial charge on any atom is 0.137 e. The number of aryl methyl sites for hydroxylation is 1. The van der Waals surface area contributed by atoms with Gasteiger partial charge in [0.25, 0.3) is 0 Å². The third-order valence-corrected chi connectivity index (χ3v) is 4.44. The van der Waals surface area contributed by atoms with Crippen LogP contribution in [-0.2, 0) is 6.42 Å². The van der Waals surface area contributed by atoms with Gasteiger partial charge in [-0.3, -0.25) is 0 Å². The highest BCUT2D eigenvalue weighted by Gasteiger charge is 2.20. The number of benzene rings is 2. The molecule has 20 heavy (non-hydrogen) atoms. The minimum absolute atomic E-state index is 0.264. The molecule has 0 spiro atoms. The molecule has 0 aliphatic heterocycles. The molecule has 0 heterocycles. The van der Waals surface area contributed by atoms with E-state index in [1.54, 1.807) is 12.1 Å². The highest BCUT2D eigenvalue weighted by molar-refractivity contribution is 9.10. The Bertz CT molecular complexity index is 612. The summed E-state index contributed by atoms with van der Waals surface area (Å²) in [5.74, 6) is 0.880. The van der Waals surface area contributed by atoms with Gasteiger partial charge in [0.2, 0.25) is 0 Å². The summed E-state index contributed by atoms with van der Waals surface area (Å²) >= 11 is 3.18. The van der Waals surface area contributed by atoms with E-state index in [0.717, 1.165) is 12.8 Å². The molecule has 0 N–H and O–H groups in total. The highest BCUT2D eigenvalue weighted by atomic mass is 79.9. The van der Waals surface area contributed by atoms with Crippen LogP contribution < -0.4 is 4.74 Å². The molecule has 104 valence electrons. The Morgan fingerprint density at radius 1 is 1.20 bits per heavy atom. The number of hydrogen-bond donors (Lipinski definition) is 0. The van der Waals surface area contributed by atoms with Gasteiger partial charge in [0.05, 0.1) is 11.1 Å². The number of ether oxygens (including phenoxy) is 1. The highest BCUT2D eigenvalue weighted by Crippen LogP contribution is 2.32. The standard InChI is InChI=1S/C17H16BrFO/c18-16-10-14(8-9-17(16)19)20-11-13-6-3-5-12-4-1-2-7-15(12)13/h1-2,4,7-10,13H,3,5-6,11H2. The molecule has 1 aliphatic rings. The first-order chi connectivity index (χ1) is 9.74. The average molecular weight is 335 g/mol. The quantitative estimate of drug-likeness (QED) is 0.759. The lowest BCUT2D eigenvalue weighted by Gasteiger charge is -2.25. The van der Waals surface area contributed by atoms with E-state index in [0.29, 0.717) is 22.7 Å². The maximum absolute atomic E-state index is 13.2. The Morgan fingerprint density at radius 3 is 2.90 bits per heavy atom. The number of fused-ring (bicyclic) bond motifs is 1. The molecule has 3 rings (SSSR count). The van der Waals surface area contributed by atoms with Crippen LogP contribution in [0.5, 0.6) is 5.75 Å². The third-order valence-electron chi connectivity index (χ3n) is 3.84. The van der Waals surface area contributed by atoms with E-state index in [9.17, 15) is 4.39 Å². The van der Waals surface area contributed by atoms with Crippen molar-refractivity contribution < 1.29 is 9.13 Å². The first-order valence-electron chi connectivity index (χ1n) is 6.89. The average Bonchev–Trinajstić information content (AvgIpc) is 2.48. The molecule has 1 unspecified atom stereocenters. The molecule has 1 nitrogen and oxygen atoms in total. The summed E-state index contributed by atoms with van der Waals surface area (Å²) in [7, 11) is 0. The zero-order chi connectivity index (χ0) is 13.9. The smallest absolute Gasteiger partial charge is 0.137 e. The molecule has 1 aliphatic carbocycles. The number of rotatable bonds is 3. The molecule has 0 saturated carbocycles. The molecule has 2 aromatic rings. The monoisotopic (exact) mass is 334 g/mol. The first kappa shape index (κ1) is 13.6. The minimum Gasteiger partial charge on any atom is -0.493 e. The SMILES string of the molecule is Fc1ccc(OCC2CCCc3ccccc32)cc1Br. The molecule has 0 amide bonds. The van der Waals surface area contributed by atoms with E-state index < -0.39 is 0 Å². The molecule has 3 heteroatoms. The van der Waals surface area contributed by atoms with Crippen molar-refractivity contribution in [2.45, 2.75) is 25.2 Å². The molecular weight excluding hydrogens is 319 g/mol. The first-order valence-corrected chi connectivity index (χ1v) is 7.69. The second kappa shape index (κ2) is 5.96. The van der Waals surface area contributed by atoms with Crippen molar-refractivity contribution in [3.8, 4) is 5.75 Å². The Balaban J connectivity index is 1.71. The molecule has 0 saturated heterocycles. The zero-order valence-corrected chi connectivity index (χ0v) is 12.7. The zero-order valence-electron chi connectivity index (χ0n) is 11.1. The fraction of sp³-hybridized carbons (Fsp3) is 0.294. The van der Waals surface area contributed by atoms with Gasteiger partial charge in [-0.25, -0.2) is 4.39 Å². The van der Waals surface area contributed by atoms with E-state index in [2.05, 4.69) is 40.2 Å². The van der Waals surface area contributed by atoms with Gasteiger partial charge in [-0.15, -0.1) is 0 Å². The molecule has 0 aromatic heterocycles. The number of halogens is 2. The van der Waals surface area contributed by atoms with Crippen LogP contribution in [-0.4, -0.2) is 6.61 Å². The largest absolute Gasteiger partial charge is 0.493 e.